The molecule has 2 aliphatic rings. The molecule has 1 aliphatic heterocycles. The molecule has 4 aromatic rings. The SMILES string of the molecule is O=C(c1ccco1)N1CCN(c2nn3c(NC4CCCC4)c(-c4ccccc4)nc3s2)CC1. The lowest BCUT2D eigenvalue weighted by Gasteiger charge is -2.33. The number of fused-ring (bicyclic) bond motifs is 1. The largest absolute Gasteiger partial charge is 0.459 e. The van der Waals surface area contributed by atoms with Crippen molar-refractivity contribution in [1.82, 2.24) is 19.5 Å². The number of rotatable bonds is 5. The Morgan fingerprint density at radius 1 is 1.03 bits per heavy atom. The van der Waals surface area contributed by atoms with E-state index in [1.807, 2.05) is 27.6 Å². The van der Waals surface area contributed by atoms with Gasteiger partial charge < -0.3 is 19.5 Å². The van der Waals surface area contributed by atoms with Crippen LogP contribution in [0.2, 0.25) is 0 Å². The lowest BCUT2D eigenvalue weighted by Crippen LogP contribution is -2.48. The van der Waals surface area contributed by atoms with E-state index < -0.39 is 0 Å². The lowest BCUT2D eigenvalue weighted by molar-refractivity contribution is 0.0714. The minimum Gasteiger partial charge on any atom is -0.459 e. The number of nitrogens with zero attached hydrogens (tertiary/aromatic N) is 5. The van der Waals surface area contributed by atoms with Gasteiger partial charge in [-0.05, 0) is 25.0 Å². The Hall–Kier alpha value is -3.33. The first-order chi connectivity index (χ1) is 16.3. The third-order valence-corrected chi connectivity index (χ3v) is 7.47. The van der Waals surface area contributed by atoms with Crippen LogP contribution in [0.25, 0.3) is 16.2 Å². The standard InChI is InChI=1S/C24H26N6O2S/c31-22(19-11-6-16-32-19)28-12-14-29(15-13-28)24-27-30-21(25-18-9-4-5-10-18)20(26-23(30)33-24)17-7-2-1-3-8-17/h1-3,6-8,11,16,18,25H,4-5,9-10,12-15H2. The van der Waals surface area contributed by atoms with Crippen LogP contribution in [-0.2, 0) is 0 Å². The fourth-order valence-electron chi connectivity index (χ4n) is 4.71. The Bertz CT molecular complexity index is 1230. The molecule has 170 valence electrons. The Kier molecular flexibility index (Phi) is 5.26. The highest BCUT2D eigenvalue weighted by Gasteiger charge is 2.27. The van der Waals surface area contributed by atoms with Crippen molar-refractivity contribution in [2.75, 3.05) is 36.4 Å². The fourth-order valence-corrected chi connectivity index (χ4v) is 5.67. The molecule has 2 fully saturated rings. The van der Waals surface area contributed by atoms with Crippen molar-refractivity contribution < 1.29 is 9.21 Å². The summed E-state index contributed by atoms with van der Waals surface area (Å²) >= 11 is 1.60. The summed E-state index contributed by atoms with van der Waals surface area (Å²) in [5.74, 6) is 1.33. The lowest BCUT2D eigenvalue weighted by atomic mass is 10.1. The number of hydrogen-bond donors (Lipinski definition) is 1. The molecule has 1 amide bonds. The van der Waals surface area contributed by atoms with E-state index in [0.29, 0.717) is 24.9 Å². The summed E-state index contributed by atoms with van der Waals surface area (Å²) in [5, 5.41) is 9.65. The molecule has 1 saturated heterocycles. The Morgan fingerprint density at radius 2 is 1.82 bits per heavy atom. The maximum Gasteiger partial charge on any atom is 0.289 e. The Balaban J connectivity index is 1.25. The number of amides is 1. The number of anilines is 2. The summed E-state index contributed by atoms with van der Waals surface area (Å²) in [7, 11) is 0. The molecule has 1 saturated carbocycles. The minimum absolute atomic E-state index is 0.0517. The molecule has 1 aromatic carbocycles. The van der Waals surface area contributed by atoms with Gasteiger partial charge in [-0.25, -0.2) is 4.98 Å². The van der Waals surface area contributed by atoms with Crippen LogP contribution < -0.4 is 10.2 Å². The van der Waals surface area contributed by atoms with Gasteiger partial charge >= 0.3 is 0 Å². The summed E-state index contributed by atoms with van der Waals surface area (Å²) in [6, 6.07) is 14.2. The van der Waals surface area contributed by atoms with Gasteiger partial charge in [0.15, 0.2) is 11.6 Å². The molecular weight excluding hydrogens is 436 g/mol. The van der Waals surface area contributed by atoms with Gasteiger partial charge in [-0.2, -0.15) is 4.52 Å². The van der Waals surface area contributed by atoms with Crippen LogP contribution in [0, 0.1) is 0 Å². The fraction of sp³-hybridized carbons (Fsp3) is 0.375. The molecule has 0 unspecified atom stereocenters. The molecule has 3 aromatic heterocycles. The molecule has 0 radical (unpaired) electrons. The quantitative estimate of drug-likeness (QED) is 0.475. The second-order valence-corrected chi connectivity index (χ2v) is 9.57. The number of piperazine rings is 1. The molecule has 4 heterocycles. The van der Waals surface area contributed by atoms with Gasteiger partial charge in [0.2, 0.25) is 10.1 Å². The molecule has 0 bridgehead atoms. The van der Waals surface area contributed by atoms with Gasteiger partial charge in [0, 0.05) is 37.8 Å². The van der Waals surface area contributed by atoms with Crippen molar-refractivity contribution in [3.63, 3.8) is 0 Å². The van der Waals surface area contributed by atoms with E-state index in [9.17, 15) is 4.79 Å². The van der Waals surface area contributed by atoms with Crippen LogP contribution in [0.15, 0.2) is 53.1 Å². The third kappa shape index (κ3) is 3.86. The zero-order chi connectivity index (χ0) is 22.2. The molecule has 9 heteroatoms. The molecule has 8 nitrogen and oxygen atoms in total. The molecular formula is C24H26N6O2S. The smallest absolute Gasteiger partial charge is 0.289 e. The monoisotopic (exact) mass is 462 g/mol. The van der Waals surface area contributed by atoms with Crippen LogP contribution >= 0.6 is 11.3 Å². The van der Waals surface area contributed by atoms with Crippen molar-refractivity contribution in [3.05, 3.63) is 54.5 Å². The van der Waals surface area contributed by atoms with Crippen molar-refractivity contribution in [2.45, 2.75) is 31.7 Å². The van der Waals surface area contributed by atoms with Crippen LogP contribution in [0.5, 0.6) is 0 Å². The van der Waals surface area contributed by atoms with Crippen molar-refractivity contribution in [1.29, 1.82) is 0 Å². The number of imidazole rings is 1. The van der Waals surface area contributed by atoms with Gasteiger partial charge in [0.05, 0.1) is 6.26 Å². The number of nitrogens with one attached hydrogen (secondary N) is 1. The predicted octanol–water partition coefficient (Wildman–Crippen LogP) is 4.37. The molecule has 0 spiro atoms. The summed E-state index contributed by atoms with van der Waals surface area (Å²) in [4.78, 5) is 22.5. The van der Waals surface area contributed by atoms with Gasteiger partial charge in [-0.3, -0.25) is 4.79 Å². The van der Waals surface area contributed by atoms with Crippen LogP contribution in [0.3, 0.4) is 0 Å². The summed E-state index contributed by atoms with van der Waals surface area (Å²) in [6.07, 6.45) is 6.44. The number of carbonyl (C=O) groups is 1. The van der Waals surface area contributed by atoms with Crippen molar-refractivity contribution in [2.24, 2.45) is 0 Å². The van der Waals surface area contributed by atoms with Gasteiger partial charge in [-0.15, -0.1) is 5.10 Å². The van der Waals surface area contributed by atoms with E-state index in [4.69, 9.17) is 14.5 Å². The molecule has 0 atom stereocenters. The maximum atomic E-state index is 12.6. The van der Waals surface area contributed by atoms with Gasteiger partial charge in [0.25, 0.3) is 5.91 Å². The van der Waals surface area contributed by atoms with Crippen LogP contribution in [0.4, 0.5) is 10.9 Å². The van der Waals surface area contributed by atoms with E-state index in [2.05, 4.69) is 22.3 Å². The Morgan fingerprint density at radius 3 is 2.55 bits per heavy atom. The van der Waals surface area contributed by atoms with Gasteiger partial charge in [0.1, 0.15) is 5.69 Å². The second kappa shape index (κ2) is 8.55. The predicted molar refractivity (Wildman–Crippen MR) is 129 cm³/mol. The number of carbonyl (C=O) groups excluding carboxylic acids is 1. The average Bonchev–Trinajstić information content (AvgIpc) is 3.66. The third-order valence-electron chi connectivity index (χ3n) is 6.51. The van der Waals surface area contributed by atoms with E-state index in [1.54, 1.807) is 23.5 Å². The molecule has 6 rings (SSSR count). The summed E-state index contributed by atoms with van der Waals surface area (Å²) in [5.41, 5.74) is 2.06. The van der Waals surface area contributed by atoms with Crippen molar-refractivity contribution in [3.8, 4) is 11.3 Å². The number of aromatic nitrogens is 3. The van der Waals surface area contributed by atoms with E-state index in [-0.39, 0.29) is 5.91 Å². The van der Waals surface area contributed by atoms with E-state index in [1.165, 1.54) is 31.9 Å². The first-order valence-electron chi connectivity index (χ1n) is 11.6. The van der Waals surface area contributed by atoms with E-state index >= 15 is 0 Å². The van der Waals surface area contributed by atoms with Crippen molar-refractivity contribution >= 4 is 33.2 Å². The van der Waals surface area contributed by atoms with Gasteiger partial charge in [-0.1, -0.05) is 54.5 Å². The number of hydrogen-bond acceptors (Lipinski definition) is 7. The summed E-state index contributed by atoms with van der Waals surface area (Å²) < 4.78 is 7.24. The first kappa shape index (κ1) is 20.3. The molecule has 1 N–H and O–H groups in total. The normalized spacial score (nSPS) is 17.2. The summed E-state index contributed by atoms with van der Waals surface area (Å²) in [6.45, 7) is 2.76. The van der Waals surface area contributed by atoms with Crippen LogP contribution in [0.1, 0.15) is 36.2 Å². The zero-order valence-corrected chi connectivity index (χ0v) is 19.1. The zero-order valence-electron chi connectivity index (χ0n) is 18.3. The minimum atomic E-state index is -0.0517. The highest BCUT2D eigenvalue weighted by molar-refractivity contribution is 7.20. The second-order valence-electron chi connectivity index (χ2n) is 8.64. The highest BCUT2D eigenvalue weighted by atomic mass is 32.1. The topological polar surface area (TPSA) is 78.9 Å². The van der Waals surface area contributed by atoms with E-state index in [0.717, 1.165) is 40.3 Å². The van der Waals surface area contributed by atoms with Crippen LogP contribution in [-0.4, -0.2) is 57.6 Å². The first-order valence-corrected chi connectivity index (χ1v) is 12.4. The molecule has 1 aliphatic carbocycles. The Labute approximate surface area is 195 Å². The highest BCUT2D eigenvalue weighted by Crippen LogP contribution is 2.35. The number of furan rings is 1. The molecule has 33 heavy (non-hydrogen) atoms. The maximum absolute atomic E-state index is 12.6. The average molecular weight is 463 g/mol. The number of benzene rings is 1.